The average molecular weight is 457 g/mol. The molecule has 0 aliphatic carbocycles. The fourth-order valence-corrected chi connectivity index (χ4v) is 188. The van der Waals surface area contributed by atoms with Crippen LogP contribution in [0.3, 0.4) is 0 Å². The maximum Gasteiger partial charge on any atom is 0.0437 e. The van der Waals surface area contributed by atoms with E-state index < -0.39 is 28.4 Å². The summed E-state index contributed by atoms with van der Waals surface area (Å²) in [5.41, 5.74) is 7.77. The van der Waals surface area contributed by atoms with Gasteiger partial charge in [-0.15, -0.1) is 0 Å². The molecule has 0 saturated carbocycles. The van der Waals surface area contributed by atoms with Crippen molar-refractivity contribution in [2.24, 2.45) is 0 Å². The Hall–Kier alpha value is 0.868. The fourth-order valence-electron chi connectivity index (χ4n) is 11.6. The lowest BCUT2D eigenvalue weighted by atomic mass is 10.5. The highest BCUT2D eigenvalue weighted by atomic mass is 30.2. The first-order chi connectivity index (χ1) is 12.5. The minimum atomic E-state index is -1.43. The first-order valence-electron chi connectivity index (χ1n) is 12.5. The van der Waals surface area contributed by atoms with E-state index >= 15 is 0 Å². The Labute approximate surface area is 183 Å². The van der Waals surface area contributed by atoms with Gasteiger partial charge in [0, 0.05) is 28.4 Å². The minimum absolute atomic E-state index is 0.971. The molecule has 0 N–H and O–H groups in total. The van der Waals surface area contributed by atoms with Crippen molar-refractivity contribution in [2.75, 3.05) is 0 Å². The van der Waals surface area contributed by atoms with Crippen LogP contribution < -0.4 is 0 Å². The Morgan fingerprint density at radius 1 is 0.214 bits per heavy atom. The average Bonchev–Trinajstić information content (AvgIpc) is 2.43. The minimum Gasteiger partial charge on any atom is -0.0656 e. The van der Waals surface area contributed by atoms with E-state index in [0.717, 1.165) is 44.3 Å². The van der Waals surface area contributed by atoms with Gasteiger partial charge >= 0.3 is 0 Å². The molecule has 0 nitrogen and oxygen atoms in total. The van der Waals surface area contributed by atoms with Crippen LogP contribution in [0.15, 0.2) is 0 Å². The lowest BCUT2D eigenvalue weighted by Gasteiger charge is -2.89. The quantitative estimate of drug-likeness (QED) is 0.319. The van der Waals surface area contributed by atoms with E-state index in [1.54, 1.807) is 0 Å². The van der Waals surface area contributed by atoms with Gasteiger partial charge in [-0.05, 0) is 0 Å². The molecule has 0 bridgehead atoms. The molecule has 1 rings (SSSR count). The molecule has 1 aliphatic heterocycles. The van der Waals surface area contributed by atoms with Crippen LogP contribution in [0, 0.1) is 0 Å². The predicted molar refractivity (Wildman–Crippen MR) is 144 cm³/mol. The zero-order valence-electron chi connectivity index (χ0n) is 22.6. The van der Waals surface area contributed by atoms with E-state index in [4.69, 9.17) is 0 Å². The van der Waals surface area contributed by atoms with Crippen LogP contribution in [0.25, 0.3) is 0 Å². The lowest BCUT2D eigenvalue weighted by molar-refractivity contribution is 0.823. The van der Waals surface area contributed by atoms with Gasteiger partial charge in [-0.2, -0.15) is 0 Å². The summed E-state index contributed by atoms with van der Waals surface area (Å²) in [7, 11) is -5.72. The molecular weight excluding hydrogens is 401 g/mol. The molecule has 0 atom stereocenters. The van der Waals surface area contributed by atoms with E-state index in [0.29, 0.717) is 0 Å². The Morgan fingerprint density at radius 2 is 0.286 bits per heavy atom. The second-order valence-corrected chi connectivity index (χ2v) is 54.8. The third kappa shape index (κ3) is 2.50. The first kappa shape index (κ1) is 26.9. The summed E-state index contributed by atoms with van der Waals surface area (Å²) >= 11 is 0. The van der Waals surface area contributed by atoms with E-state index in [1.165, 1.54) is 0 Å². The molecule has 168 valence electrons. The van der Waals surface area contributed by atoms with Crippen molar-refractivity contribution in [1.29, 1.82) is 0 Å². The number of hydrogen-bond donors (Lipinski definition) is 0. The Bertz CT molecular complexity index is 385. The van der Waals surface area contributed by atoms with Crippen LogP contribution in [0.1, 0.15) is 111 Å². The van der Waals surface area contributed by atoms with Crippen molar-refractivity contribution in [3.05, 3.63) is 0 Å². The molecule has 1 fully saturated rings. The molecule has 1 aliphatic rings. The van der Waals surface area contributed by atoms with Crippen molar-refractivity contribution in [3.8, 4) is 0 Å². The largest absolute Gasteiger partial charge is 0.0656 e. The van der Waals surface area contributed by atoms with Crippen molar-refractivity contribution in [2.45, 2.75) is 155 Å². The monoisotopic (exact) mass is 456 g/mol. The summed E-state index contributed by atoms with van der Waals surface area (Å²) in [4.78, 5) is 0. The first-order valence-corrected chi connectivity index (χ1v) is 25.2. The normalized spacial score (nSPS) is 23.1. The van der Waals surface area contributed by atoms with Gasteiger partial charge in [-0.25, -0.2) is 0 Å². The van der Waals surface area contributed by atoms with Crippen LogP contribution in [0.4, 0.5) is 0 Å². The maximum atomic E-state index is 2.71. The fraction of sp³-hybridized carbons (Fsp3) is 1.00. The second-order valence-electron chi connectivity index (χ2n) is 12.7. The zero-order valence-corrected chi connectivity index (χ0v) is 26.6. The molecule has 4 heteroatoms. The molecule has 0 aromatic carbocycles. The molecule has 28 heavy (non-hydrogen) atoms. The van der Waals surface area contributed by atoms with Gasteiger partial charge in [0.1, 0.15) is 0 Å². The smallest absolute Gasteiger partial charge is 0.0437 e. The SMILES string of the molecule is CC(C)[Si]1(C(C)C)[Si](C(C)C)(C(C)C)[Si](C(C)C)(C(C)C)[Si]1(C(C)C)C(C)C. The van der Waals surface area contributed by atoms with Crippen LogP contribution in [0.5, 0.6) is 0 Å². The van der Waals surface area contributed by atoms with Crippen LogP contribution >= 0.6 is 0 Å². The summed E-state index contributed by atoms with van der Waals surface area (Å²) in [6.45, 7) is 43.4. The molecule has 0 aromatic heterocycles. The molecule has 0 aromatic rings. The summed E-state index contributed by atoms with van der Waals surface area (Å²) in [5.74, 6) is 0. The highest BCUT2D eigenvalue weighted by Gasteiger charge is 2.93. The summed E-state index contributed by atoms with van der Waals surface area (Å²) in [5, 5.41) is 0. The number of rotatable bonds is 8. The predicted octanol–water partition coefficient (Wildman–Crippen LogP) is 9.39. The van der Waals surface area contributed by atoms with E-state index in [2.05, 4.69) is 111 Å². The van der Waals surface area contributed by atoms with Gasteiger partial charge in [0.15, 0.2) is 0 Å². The van der Waals surface area contributed by atoms with Gasteiger partial charge in [0.05, 0.1) is 0 Å². The molecule has 1 saturated heterocycles. The van der Waals surface area contributed by atoms with Crippen molar-refractivity contribution in [1.82, 2.24) is 0 Å². The lowest BCUT2D eigenvalue weighted by Crippen LogP contribution is -3.11. The summed E-state index contributed by atoms with van der Waals surface area (Å²) in [6.07, 6.45) is 0. The van der Waals surface area contributed by atoms with E-state index in [9.17, 15) is 0 Å². The Kier molecular flexibility index (Phi) is 8.09. The van der Waals surface area contributed by atoms with Crippen molar-refractivity contribution in [3.63, 3.8) is 0 Å². The van der Waals surface area contributed by atoms with Gasteiger partial charge in [0.25, 0.3) is 0 Å². The highest BCUT2D eigenvalue weighted by molar-refractivity contribution is 8.15. The van der Waals surface area contributed by atoms with Crippen LogP contribution in [-0.2, 0) is 0 Å². The molecular formula is C24H56Si4. The number of hydrogen-bond acceptors (Lipinski definition) is 0. The summed E-state index contributed by atoms with van der Waals surface area (Å²) in [6, 6.07) is 0. The summed E-state index contributed by atoms with van der Waals surface area (Å²) < 4.78 is 0. The van der Waals surface area contributed by atoms with Crippen LogP contribution in [0.2, 0.25) is 44.3 Å². The molecule has 0 amide bonds. The van der Waals surface area contributed by atoms with Gasteiger partial charge in [-0.1, -0.05) is 155 Å². The van der Waals surface area contributed by atoms with Crippen molar-refractivity contribution < 1.29 is 0 Å². The van der Waals surface area contributed by atoms with E-state index in [-0.39, 0.29) is 0 Å². The third-order valence-electron chi connectivity index (χ3n) is 10.0. The highest BCUT2D eigenvalue weighted by Crippen LogP contribution is 2.77. The molecule has 1 heterocycles. The van der Waals surface area contributed by atoms with Crippen LogP contribution in [-0.4, -0.2) is 28.4 Å². The molecule has 0 unspecified atom stereocenters. The van der Waals surface area contributed by atoms with Crippen molar-refractivity contribution >= 4 is 28.4 Å². The second kappa shape index (κ2) is 8.42. The molecule has 0 radical (unpaired) electrons. The molecule has 0 spiro atoms. The topological polar surface area (TPSA) is 0 Å². The Balaban J connectivity index is 4.45. The van der Waals surface area contributed by atoms with Gasteiger partial charge in [0.2, 0.25) is 0 Å². The maximum absolute atomic E-state index is 2.71. The standard InChI is InChI=1S/C24H56Si4/c1-17(2)25(18(3)4)26(19(5)6,20(7)8)28(23(13)14,24(15)16)27(25,21(9)10)22(11)12/h17-24H,1-16H3. The van der Waals surface area contributed by atoms with Gasteiger partial charge in [-0.3, -0.25) is 0 Å². The van der Waals surface area contributed by atoms with E-state index in [1.807, 2.05) is 0 Å². The zero-order chi connectivity index (χ0) is 22.6. The third-order valence-corrected chi connectivity index (χ3v) is 113. The Morgan fingerprint density at radius 3 is 0.321 bits per heavy atom. The van der Waals surface area contributed by atoms with Gasteiger partial charge < -0.3 is 0 Å².